The van der Waals surface area contributed by atoms with Crippen molar-refractivity contribution in [1.29, 1.82) is 0 Å². The van der Waals surface area contributed by atoms with Crippen molar-refractivity contribution in [1.82, 2.24) is 20.1 Å². The number of pyridine rings is 1. The molecule has 1 aromatic carbocycles. The number of fused-ring (bicyclic) bond motifs is 1. The third-order valence-corrected chi connectivity index (χ3v) is 7.07. The Labute approximate surface area is 192 Å². The Kier molecular flexibility index (Phi) is 7.53. The number of piperidine rings is 2. The van der Waals surface area contributed by atoms with Crippen LogP contribution in [0.3, 0.4) is 0 Å². The van der Waals surface area contributed by atoms with Gasteiger partial charge in [-0.2, -0.15) is 0 Å². The van der Waals surface area contributed by atoms with Gasteiger partial charge in [-0.05, 0) is 68.8 Å². The minimum absolute atomic E-state index is 0.165. The van der Waals surface area contributed by atoms with Crippen LogP contribution in [0, 0.1) is 11.8 Å². The second-order valence-corrected chi connectivity index (χ2v) is 9.81. The number of aliphatic imine (C=N–C) groups is 1. The predicted molar refractivity (Wildman–Crippen MR) is 131 cm³/mol. The molecule has 0 unspecified atom stereocenters. The van der Waals surface area contributed by atoms with E-state index in [-0.39, 0.29) is 5.91 Å². The van der Waals surface area contributed by atoms with Crippen LogP contribution < -0.4 is 5.32 Å². The molecule has 0 radical (unpaired) electrons. The molecule has 6 nitrogen and oxygen atoms in total. The van der Waals surface area contributed by atoms with Crippen LogP contribution in [0.4, 0.5) is 0 Å². The summed E-state index contributed by atoms with van der Waals surface area (Å²) < 4.78 is 0. The zero-order valence-corrected chi connectivity index (χ0v) is 19.8. The largest absolute Gasteiger partial charge is 0.355 e. The van der Waals surface area contributed by atoms with Gasteiger partial charge >= 0.3 is 0 Å². The van der Waals surface area contributed by atoms with Crippen LogP contribution in [-0.2, 0) is 4.79 Å². The predicted octanol–water partition coefficient (Wildman–Crippen LogP) is 3.17. The lowest BCUT2D eigenvalue weighted by molar-refractivity contribution is -0.123. The summed E-state index contributed by atoms with van der Waals surface area (Å²) in [7, 11) is 3.97. The molecule has 2 saturated heterocycles. The van der Waals surface area contributed by atoms with E-state index < -0.39 is 0 Å². The van der Waals surface area contributed by atoms with E-state index >= 15 is 0 Å². The molecule has 32 heavy (non-hydrogen) atoms. The van der Waals surface area contributed by atoms with Gasteiger partial charge in [0.2, 0.25) is 5.91 Å². The van der Waals surface area contributed by atoms with Crippen LogP contribution in [0.15, 0.2) is 35.5 Å². The lowest BCUT2D eigenvalue weighted by atomic mass is 9.83. The average molecular weight is 436 g/mol. The molecule has 2 aromatic rings. The van der Waals surface area contributed by atoms with Crippen molar-refractivity contribution in [2.75, 3.05) is 53.4 Å². The van der Waals surface area contributed by atoms with Crippen LogP contribution in [0.1, 0.15) is 43.2 Å². The maximum absolute atomic E-state index is 12.7. The lowest BCUT2D eigenvalue weighted by Gasteiger charge is -2.37. The van der Waals surface area contributed by atoms with Crippen LogP contribution in [0.5, 0.6) is 0 Å². The summed E-state index contributed by atoms with van der Waals surface area (Å²) in [4.78, 5) is 26.3. The number of amides is 1. The highest BCUT2D eigenvalue weighted by atomic mass is 16.2. The Morgan fingerprint density at radius 2 is 2.06 bits per heavy atom. The molecule has 1 amide bonds. The summed E-state index contributed by atoms with van der Waals surface area (Å²) in [6.45, 7) is 7.77. The molecular weight excluding hydrogens is 398 g/mol. The van der Waals surface area contributed by atoms with Gasteiger partial charge in [-0.3, -0.25) is 19.7 Å². The molecule has 3 heterocycles. The van der Waals surface area contributed by atoms with Gasteiger partial charge in [0.15, 0.2) is 0 Å². The van der Waals surface area contributed by atoms with Gasteiger partial charge in [-0.15, -0.1) is 0 Å². The van der Waals surface area contributed by atoms with Gasteiger partial charge in [0, 0.05) is 50.0 Å². The van der Waals surface area contributed by atoms with E-state index in [1.807, 2.05) is 18.5 Å². The normalized spacial score (nSPS) is 23.7. The van der Waals surface area contributed by atoms with E-state index in [2.05, 4.69) is 57.3 Å². The molecule has 2 atom stereocenters. The molecule has 172 valence electrons. The molecule has 0 bridgehead atoms. The summed E-state index contributed by atoms with van der Waals surface area (Å²) in [6, 6.07) is 8.56. The molecule has 0 aliphatic carbocycles. The Hall–Kier alpha value is -2.31. The van der Waals surface area contributed by atoms with Gasteiger partial charge in [0.25, 0.3) is 0 Å². The van der Waals surface area contributed by atoms with E-state index in [0.717, 1.165) is 50.2 Å². The summed E-state index contributed by atoms with van der Waals surface area (Å²) in [5.74, 6) is 1.74. The summed E-state index contributed by atoms with van der Waals surface area (Å²) in [5, 5.41) is 4.42. The molecule has 2 aliphatic heterocycles. The molecule has 2 fully saturated rings. The molecule has 0 saturated carbocycles. The number of nitrogens with one attached hydrogen (secondary N) is 1. The minimum atomic E-state index is 0.165. The second kappa shape index (κ2) is 10.5. The molecule has 1 N–H and O–H groups in total. The highest BCUT2D eigenvalue weighted by Gasteiger charge is 2.28. The van der Waals surface area contributed by atoms with Crippen molar-refractivity contribution in [3.8, 4) is 0 Å². The maximum atomic E-state index is 12.7. The van der Waals surface area contributed by atoms with Gasteiger partial charge in [-0.1, -0.05) is 25.1 Å². The van der Waals surface area contributed by atoms with E-state index in [1.54, 1.807) is 7.05 Å². The second-order valence-electron chi connectivity index (χ2n) is 9.81. The number of carbonyl (C=O) groups excluding carboxylic acids is 1. The van der Waals surface area contributed by atoms with Crippen LogP contribution in [0.2, 0.25) is 0 Å². The van der Waals surface area contributed by atoms with Gasteiger partial charge < -0.3 is 10.2 Å². The SMILES string of the molecule is C/N=C/c1ccc([C@H]2C[C@@H](C)CN(CC(=O)NCC3CCN(C)CC3)C2)c2cccnc12. The van der Waals surface area contributed by atoms with Crippen LogP contribution >= 0.6 is 0 Å². The van der Waals surface area contributed by atoms with Crippen LogP contribution in [-0.4, -0.2) is 80.3 Å². The van der Waals surface area contributed by atoms with Gasteiger partial charge in [0.1, 0.15) is 0 Å². The fraction of sp³-hybridized carbons (Fsp3) is 0.577. The molecule has 2 aliphatic rings. The Balaban J connectivity index is 1.41. The quantitative estimate of drug-likeness (QED) is 0.708. The zero-order valence-electron chi connectivity index (χ0n) is 19.8. The summed E-state index contributed by atoms with van der Waals surface area (Å²) >= 11 is 0. The summed E-state index contributed by atoms with van der Waals surface area (Å²) in [6.07, 6.45) is 7.23. The standard InChI is InChI=1S/C26H37N5O/c1-19-13-22(23-7-6-21(15-27-2)26-24(23)5-4-10-28-26)17-31(16-19)18-25(32)29-14-20-8-11-30(3)12-9-20/h4-7,10,15,19-20,22H,8-9,11-14,16-18H2,1-3H3,(H,29,32)/b27-15+/t19-,22+/m1/s1. The number of likely N-dealkylation sites (tertiary alicyclic amines) is 2. The molecule has 0 spiro atoms. The number of rotatable bonds is 6. The van der Waals surface area contributed by atoms with Crippen molar-refractivity contribution < 1.29 is 4.79 Å². The van der Waals surface area contributed by atoms with Crippen molar-refractivity contribution in [3.05, 3.63) is 41.6 Å². The monoisotopic (exact) mass is 435 g/mol. The lowest BCUT2D eigenvalue weighted by Crippen LogP contribution is -2.45. The van der Waals surface area contributed by atoms with E-state index in [1.165, 1.54) is 23.8 Å². The van der Waals surface area contributed by atoms with Crippen molar-refractivity contribution >= 4 is 23.0 Å². The van der Waals surface area contributed by atoms with E-state index in [0.29, 0.717) is 24.3 Å². The molecule has 1 aromatic heterocycles. The number of nitrogens with zero attached hydrogens (tertiary/aromatic N) is 4. The topological polar surface area (TPSA) is 60.8 Å². The fourth-order valence-corrected chi connectivity index (χ4v) is 5.42. The molecule has 4 rings (SSSR count). The highest BCUT2D eigenvalue weighted by Crippen LogP contribution is 2.34. The van der Waals surface area contributed by atoms with Crippen molar-refractivity contribution in [2.24, 2.45) is 16.8 Å². The third kappa shape index (κ3) is 5.54. The first kappa shape index (κ1) is 22.9. The van der Waals surface area contributed by atoms with Gasteiger partial charge in [-0.25, -0.2) is 0 Å². The first-order chi connectivity index (χ1) is 15.5. The molecular formula is C26H37N5O. The first-order valence-electron chi connectivity index (χ1n) is 12.0. The summed E-state index contributed by atoms with van der Waals surface area (Å²) in [5.41, 5.74) is 3.40. The fourth-order valence-electron chi connectivity index (χ4n) is 5.42. The van der Waals surface area contributed by atoms with Crippen molar-refractivity contribution in [2.45, 2.75) is 32.1 Å². The van der Waals surface area contributed by atoms with Crippen molar-refractivity contribution in [3.63, 3.8) is 0 Å². The Bertz CT molecular complexity index is 950. The van der Waals surface area contributed by atoms with Gasteiger partial charge in [0.05, 0.1) is 12.1 Å². The van der Waals surface area contributed by atoms with Crippen LogP contribution in [0.25, 0.3) is 10.9 Å². The minimum Gasteiger partial charge on any atom is -0.355 e. The number of aromatic nitrogens is 1. The van der Waals surface area contributed by atoms with E-state index in [9.17, 15) is 4.79 Å². The Morgan fingerprint density at radius 1 is 1.25 bits per heavy atom. The number of hydrogen-bond acceptors (Lipinski definition) is 5. The first-order valence-corrected chi connectivity index (χ1v) is 12.0. The third-order valence-electron chi connectivity index (χ3n) is 7.07. The number of hydrogen-bond donors (Lipinski definition) is 1. The Morgan fingerprint density at radius 3 is 2.84 bits per heavy atom. The molecule has 6 heteroatoms. The zero-order chi connectivity index (χ0) is 22.5. The van der Waals surface area contributed by atoms with E-state index in [4.69, 9.17) is 0 Å². The maximum Gasteiger partial charge on any atom is 0.234 e. The number of benzene rings is 1. The number of carbonyl (C=O) groups is 1. The highest BCUT2D eigenvalue weighted by molar-refractivity contribution is 5.99. The average Bonchev–Trinajstić information content (AvgIpc) is 2.79. The smallest absolute Gasteiger partial charge is 0.234 e.